The van der Waals surface area contributed by atoms with Gasteiger partial charge in [0.1, 0.15) is 12.7 Å². The standard InChI is InChI=1S/C13H21NO5/c1-16-9-19-12-5-2-4-10(11(12)8-14-15)13-17-6-3-7-18-13/h10-13H,2-7,9H2,1H3. The van der Waals surface area contributed by atoms with Gasteiger partial charge in [-0.3, -0.25) is 0 Å². The van der Waals surface area contributed by atoms with Crippen LogP contribution in [0, 0.1) is 23.1 Å². The van der Waals surface area contributed by atoms with Gasteiger partial charge in [0.2, 0.25) is 0 Å². The smallest absolute Gasteiger partial charge is 0.305 e. The van der Waals surface area contributed by atoms with E-state index >= 15 is 0 Å². The Morgan fingerprint density at radius 2 is 2.05 bits per heavy atom. The lowest BCUT2D eigenvalue weighted by Gasteiger charge is -2.37. The van der Waals surface area contributed by atoms with Crippen molar-refractivity contribution < 1.29 is 18.9 Å². The van der Waals surface area contributed by atoms with E-state index in [9.17, 15) is 5.21 Å². The summed E-state index contributed by atoms with van der Waals surface area (Å²) in [6.45, 7) is 1.61. The fraction of sp³-hybridized carbons (Fsp3) is 0.923. The first-order valence-electron chi connectivity index (χ1n) is 6.78. The maximum Gasteiger partial charge on any atom is 0.305 e. The largest absolute Gasteiger partial charge is 0.498 e. The Hall–Kier alpha value is -0.870. The number of nitrogens with zero attached hydrogens (tertiary/aromatic N) is 1. The zero-order valence-corrected chi connectivity index (χ0v) is 11.2. The van der Waals surface area contributed by atoms with Crippen molar-refractivity contribution in [2.75, 3.05) is 27.1 Å². The van der Waals surface area contributed by atoms with E-state index in [0.717, 1.165) is 25.7 Å². The Bertz CT molecular complexity index is 321. The Morgan fingerprint density at radius 1 is 1.26 bits per heavy atom. The molecule has 3 unspecified atom stereocenters. The molecular formula is C13H21NO5. The first-order valence-corrected chi connectivity index (χ1v) is 6.78. The lowest BCUT2D eigenvalue weighted by Crippen LogP contribution is -2.43. The maximum atomic E-state index is 10.6. The van der Waals surface area contributed by atoms with Crippen molar-refractivity contribution in [3.63, 3.8) is 0 Å². The van der Waals surface area contributed by atoms with Crippen LogP contribution in [0.25, 0.3) is 5.01 Å². The van der Waals surface area contributed by atoms with Crippen LogP contribution in [0.3, 0.4) is 0 Å². The minimum atomic E-state index is -0.276. The predicted molar refractivity (Wildman–Crippen MR) is 68.5 cm³/mol. The van der Waals surface area contributed by atoms with Gasteiger partial charge in [0.15, 0.2) is 6.29 Å². The third-order valence-electron chi connectivity index (χ3n) is 3.69. The fourth-order valence-corrected chi connectivity index (χ4v) is 2.83. The lowest BCUT2D eigenvalue weighted by molar-refractivity contribution is -0.225. The van der Waals surface area contributed by atoms with Crippen LogP contribution in [-0.2, 0) is 18.9 Å². The molecule has 19 heavy (non-hydrogen) atoms. The fourth-order valence-electron chi connectivity index (χ4n) is 2.83. The van der Waals surface area contributed by atoms with Gasteiger partial charge in [0.25, 0.3) is 0 Å². The highest BCUT2D eigenvalue weighted by Crippen LogP contribution is 2.36. The van der Waals surface area contributed by atoms with E-state index in [1.807, 2.05) is 0 Å². The summed E-state index contributed by atoms with van der Waals surface area (Å²) in [6, 6.07) is 2.62. The molecule has 1 heterocycles. The molecule has 0 bridgehead atoms. The van der Waals surface area contributed by atoms with Gasteiger partial charge in [-0.05, 0) is 19.3 Å². The summed E-state index contributed by atoms with van der Waals surface area (Å²) >= 11 is 0. The van der Waals surface area contributed by atoms with Gasteiger partial charge in [0, 0.05) is 18.0 Å². The van der Waals surface area contributed by atoms with Gasteiger partial charge in [-0.25, -0.2) is 0 Å². The molecule has 6 heteroatoms. The van der Waals surface area contributed by atoms with Gasteiger partial charge in [0.05, 0.1) is 19.3 Å². The quantitative estimate of drug-likeness (QED) is 0.578. The number of hydrogen-bond donors (Lipinski definition) is 0. The van der Waals surface area contributed by atoms with Crippen molar-refractivity contribution in [2.45, 2.75) is 38.1 Å². The molecule has 3 atom stereocenters. The van der Waals surface area contributed by atoms with Crippen LogP contribution in [0.4, 0.5) is 0 Å². The third kappa shape index (κ3) is 3.80. The second-order valence-corrected chi connectivity index (χ2v) is 4.92. The number of hydrogen-bond acceptors (Lipinski definition) is 5. The summed E-state index contributed by atoms with van der Waals surface area (Å²) in [5.74, 6) is -0.113. The van der Waals surface area contributed by atoms with E-state index in [0.29, 0.717) is 13.2 Å². The van der Waals surface area contributed by atoms with E-state index in [4.69, 9.17) is 18.9 Å². The van der Waals surface area contributed by atoms with E-state index in [-0.39, 0.29) is 31.0 Å². The van der Waals surface area contributed by atoms with Crippen molar-refractivity contribution in [2.24, 2.45) is 11.8 Å². The molecule has 0 amide bonds. The molecule has 1 aliphatic carbocycles. The summed E-state index contributed by atoms with van der Waals surface area (Å²) < 4.78 is 21.9. The monoisotopic (exact) mass is 271 g/mol. The Morgan fingerprint density at radius 3 is 2.74 bits per heavy atom. The Kier molecular flexibility index (Phi) is 5.86. The summed E-state index contributed by atoms with van der Waals surface area (Å²) in [5, 5.41) is 13.4. The molecule has 108 valence electrons. The number of ether oxygens (including phenoxy) is 4. The van der Waals surface area contributed by atoms with Crippen LogP contribution in [-0.4, -0.2) is 39.5 Å². The van der Waals surface area contributed by atoms with E-state index in [1.165, 1.54) is 0 Å². The summed E-state index contributed by atoms with van der Waals surface area (Å²) in [4.78, 5) is 0. The van der Waals surface area contributed by atoms with Crippen LogP contribution in [0.2, 0.25) is 0 Å². The third-order valence-corrected chi connectivity index (χ3v) is 3.69. The minimum Gasteiger partial charge on any atom is -0.498 e. The lowest BCUT2D eigenvalue weighted by atomic mass is 9.77. The molecule has 1 saturated carbocycles. The predicted octanol–water partition coefficient (Wildman–Crippen LogP) is 1.99. The van der Waals surface area contributed by atoms with Gasteiger partial charge < -0.3 is 24.2 Å². The number of rotatable bonds is 4. The molecule has 0 N–H and O–H groups in total. The maximum absolute atomic E-state index is 10.6. The molecule has 2 aliphatic rings. The minimum absolute atomic E-state index is 0.0774. The van der Waals surface area contributed by atoms with Crippen LogP contribution in [0.5, 0.6) is 0 Å². The average Bonchev–Trinajstić information content (AvgIpc) is 2.47. The van der Waals surface area contributed by atoms with E-state index in [2.05, 4.69) is 11.1 Å². The van der Waals surface area contributed by atoms with Crippen molar-refractivity contribution in [1.29, 1.82) is 0 Å². The van der Waals surface area contributed by atoms with Gasteiger partial charge in [-0.15, -0.1) is 0 Å². The first-order chi connectivity index (χ1) is 9.36. The average molecular weight is 271 g/mol. The van der Waals surface area contributed by atoms with Gasteiger partial charge in [-0.2, -0.15) is 0 Å². The highest BCUT2D eigenvalue weighted by atomic mass is 16.7. The van der Waals surface area contributed by atoms with Crippen molar-refractivity contribution >= 4 is 0 Å². The van der Waals surface area contributed by atoms with E-state index < -0.39 is 0 Å². The molecule has 1 saturated heterocycles. The van der Waals surface area contributed by atoms with Gasteiger partial charge in [-0.1, -0.05) is 6.42 Å². The SMILES string of the molecule is COCOC1CCCC(C2OCCCO2)C1C#[N+][O-]. The van der Waals surface area contributed by atoms with E-state index in [1.54, 1.807) is 7.11 Å². The molecule has 0 aromatic heterocycles. The molecule has 0 aromatic carbocycles. The molecule has 1 aliphatic heterocycles. The summed E-state index contributed by atoms with van der Waals surface area (Å²) in [6.07, 6.45) is 3.35. The molecule has 6 nitrogen and oxygen atoms in total. The van der Waals surface area contributed by atoms with Crippen molar-refractivity contribution in [3.05, 3.63) is 10.2 Å². The van der Waals surface area contributed by atoms with Crippen LogP contribution in [0.1, 0.15) is 25.7 Å². The Labute approximate surface area is 113 Å². The van der Waals surface area contributed by atoms with Crippen molar-refractivity contribution in [3.8, 4) is 6.07 Å². The van der Waals surface area contributed by atoms with Crippen LogP contribution < -0.4 is 0 Å². The summed E-state index contributed by atoms with van der Waals surface area (Å²) in [5.41, 5.74) is 0. The second kappa shape index (κ2) is 7.65. The zero-order chi connectivity index (χ0) is 13.5. The normalized spacial score (nSPS) is 32.6. The molecule has 0 aromatic rings. The Balaban J connectivity index is 2.03. The molecule has 0 spiro atoms. The number of methoxy groups -OCH3 is 1. The van der Waals surface area contributed by atoms with Crippen LogP contribution >= 0.6 is 0 Å². The van der Waals surface area contributed by atoms with Gasteiger partial charge >= 0.3 is 6.07 Å². The second-order valence-electron chi connectivity index (χ2n) is 4.92. The highest BCUT2D eigenvalue weighted by molar-refractivity contribution is 5.04. The summed E-state index contributed by atoms with van der Waals surface area (Å²) in [7, 11) is 1.58. The molecule has 2 fully saturated rings. The van der Waals surface area contributed by atoms with Crippen LogP contribution in [0.15, 0.2) is 0 Å². The van der Waals surface area contributed by atoms with Crippen molar-refractivity contribution in [1.82, 2.24) is 0 Å². The molecule has 2 rings (SSSR count). The first kappa shape index (κ1) is 14.5. The zero-order valence-electron chi connectivity index (χ0n) is 11.2. The topological polar surface area (TPSA) is 64.3 Å². The highest BCUT2D eigenvalue weighted by Gasteiger charge is 2.42. The molecular weight excluding hydrogens is 250 g/mol. The molecule has 0 radical (unpaired) electrons.